The quantitative estimate of drug-likeness (QED) is 0.555. The van der Waals surface area contributed by atoms with Crippen LogP contribution in [0.4, 0.5) is 0 Å². The van der Waals surface area contributed by atoms with E-state index in [9.17, 15) is 4.79 Å². The number of amides is 1. The van der Waals surface area contributed by atoms with E-state index in [0.717, 1.165) is 16.7 Å². The molecule has 4 rings (SSSR count). The van der Waals surface area contributed by atoms with E-state index < -0.39 is 12.3 Å². The molecule has 1 unspecified atom stereocenters. The minimum atomic E-state index is -0.565. The van der Waals surface area contributed by atoms with Gasteiger partial charge < -0.3 is 23.8 Å². The molecule has 0 saturated carbocycles. The van der Waals surface area contributed by atoms with Crippen molar-refractivity contribution in [3.8, 4) is 22.8 Å². The third kappa shape index (κ3) is 3.62. The van der Waals surface area contributed by atoms with Gasteiger partial charge in [0.15, 0.2) is 17.8 Å². The first-order chi connectivity index (χ1) is 15.1. The molecular formula is C22H24N4O5. The number of aromatic nitrogens is 3. The van der Waals surface area contributed by atoms with E-state index in [1.807, 2.05) is 30.3 Å². The fraction of sp³-hybridized carbons (Fsp3) is 0.318. The van der Waals surface area contributed by atoms with Gasteiger partial charge in [-0.2, -0.15) is 5.10 Å². The number of carbonyl (C=O) groups excluding carboxylic acids is 1. The molecule has 1 aromatic carbocycles. The zero-order chi connectivity index (χ0) is 22.0. The van der Waals surface area contributed by atoms with Gasteiger partial charge >= 0.3 is 0 Å². The maximum atomic E-state index is 13.3. The van der Waals surface area contributed by atoms with Gasteiger partial charge in [0.2, 0.25) is 0 Å². The second-order valence-corrected chi connectivity index (χ2v) is 6.98. The van der Waals surface area contributed by atoms with Crippen LogP contribution in [0.5, 0.6) is 11.5 Å². The Kier molecular flexibility index (Phi) is 5.88. The maximum absolute atomic E-state index is 13.3. The lowest BCUT2D eigenvalue weighted by atomic mass is 9.97. The Morgan fingerprint density at radius 2 is 1.87 bits per heavy atom. The van der Waals surface area contributed by atoms with Gasteiger partial charge in [-0.25, -0.2) is 0 Å². The fourth-order valence-electron chi connectivity index (χ4n) is 3.88. The topological polar surface area (TPSA) is 98.8 Å². The summed E-state index contributed by atoms with van der Waals surface area (Å²) < 4.78 is 21.5. The first kappa shape index (κ1) is 20.8. The first-order valence-corrected chi connectivity index (χ1v) is 9.70. The zero-order valence-corrected chi connectivity index (χ0v) is 17.8. The van der Waals surface area contributed by atoms with Crippen molar-refractivity contribution in [2.45, 2.75) is 12.3 Å². The number of nitrogens with zero attached hydrogens (tertiary/aromatic N) is 3. The largest absolute Gasteiger partial charge is 0.493 e. The average Bonchev–Trinajstić information content (AvgIpc) is 3.36. The molecular weight excluding hydrogens is 400 g/mol. The van der Waals surface area contributed by atoms with E-state index in [2.05, 4.69) is 15.2 Å². The van der Waals surface area contributed by atoms with Gasteiger partial charge in [0.1, 0.15) is 5.69 Å². The molecule has 0 saturated heterocycles. The molecule has 0 radical (unpaired) electrons. The molecule has 0 aliphatic carbocycles. The van der Waals surface area contributed by atoms with Gasteiger partial charge in [0, 0.05) is 37.7 Å². The van der Waals surface area contributed by atoms with E-state index in [1.165, 1.54) is 0 Å². The summed E-state index contributed by atoms with van der Waals surface area (Å²) in [6.07, 6.45) is 2.88. The van der Waals surface area contributed by atoms with E-state index in [1.54, 1.807) is 45.7 Å². The van der Waals surface area contributed by atoms with E-state index >= 15 is 0 Å². The van der Waals surface area contributed by atoms with Crippen molar-refractivity contribution in [2.24, 2.45) is 0 Å². The fourth-order valence-corrected chi connectivity index (χ4v) is 3.88. The standard InChI is InChI=1S/C22H24N4O5/c1-28-15-8-7-13(10-16(15)29-2)19-18-20(25-24-19)22(27)26(12-17(30-3)31-4)21(18)14-6-5-9-23-11-14/h5-11,17,21H,12H2,1-4H3,(H,24,25). The van der Waals surface area contributed by atoms with E-state index in [-0.39, 0.29) is 12.5 Å². The molecule has 1 atom stereocenters. The summed E-state index contributed by atoms with van der Waals surface area (Å²) in [4.78, 5) is 19.3. The van der Waals surface area contributed by atoms with Crippen LogP contribution in [-0.4, -0.2) is 67.3 Å². The Hall–Kier alpha value is -3.43. The van der Waals surface area contributed by atoms with Gasteiger partial charge in [-0.3, -0.25) is 14.9 Å². The molecule has 1 aliphatic rings. The third-order valence-corrected chi connectivity index (χ3v) is 5.39. The summed E-state index contributed by atoms with van der Waals surface area (Å²) >= 11 is 0. The van der Waals surface area contributed by atoms with Crippen molar-refractivity contribution in [1.82, 2.24) is 20.1 Å². The summed E-state index contributed by atoms with van der Waals surface area (Å²) in [5.74, 6) is 1.01. The molecule has 3 aromatic rings. The molecule has 0 spiro atoms. The maximum Gasteiger partial charge on any atom is 0.273 e. The number of methoxy groups -OCH3 is 4. The number of hydrogen-bond donors (Lipinski definition) is 1. The Balaban J connectivity index is 1.84. The van der Waals surface area contributed by atoms with Gasteiger partial charge in [0.05, 0.1) is 32.5 Å². The van der Waals surface area contributed by atoms with Crippen LogP contribution in [0.3, 0.4) is 0 Å². The van der Waals surface area contributed by atoms with Crippen molar-refractivity contribution in [2.75, 3.05) is 35.0 Å². The summed E-state index contributed by atoms with van der Waals surface area (Å²) in [6, 6.07) is 8.93. The van der Waals surface area contributed by atoms with Crippen LogP contribution in [0.25, 0.3) is 11.3 Å². The van der Waals surface area contributed by atoms with Crippen molar-refractivity contribution >= 4 is 5.91 Å². The second-order valence-electron chi connectivity index (χ2n) is 6.98. The van der Waals surface area contributed by atoms with Crippen LogP contribution in [-0.2, 0) is 9.47 Å². The Morgan fingerprint density at radius 3 is 2.52 bits per heavy atom. The van der Waals surface area contributed by atoms with Gasteiger partial charge in [-0.1, -0.05) is 6.07 Å². The molecule has 162 valence electrons. The highest BCUT2D eigenvalue weighted by atomic mass is 16.7. The summed E-state index contributed by atoms with van der Waals surface area (Å²) in [5.41, 5.74) is 3.53. The van der Waals surface area contributed by atoms with Crippen LogP contribution in [0.15, 0.2) is 42.7 Å². The summed E-state index contributed by atoms with van der Waals surface area (Å²) in [6.45, 7) is 0.249. The molecule has 1 amide bonds. The van der Waals surface area contributed by atoms with Crippen molar-refractivity contribution in [3.63, 3.8) is 0 Å². The first-order valence-electron chi connectivity index (χ1n) is 9.70. The predicted molar refractivity (Wildman–Crippen MR) is 112 cm³/mol. The molecule has 0 bridgehead atoms. The summed E-state index contributed by atoms with van der Waals surface area (Å²) in [5, 5.41) is 7.39. The highest BCUT2D eigenvalue weighted by Crippen LogP contribution is 2.43. The van der Waals surface area contributed by atoms with Crippen molar-refractivity contribution < 1.29 is 23.7 Å². The van der Waals surface area contributed by atoms with Crippen LogP contribution in [0.1, 0.15) is 27.7 Å². The molecule has 0 fully saturated rings. The lowest BCUT2D eigenvalue weighted by Gasteiger charge is -2.28. The SMILES string of the molecule is COc1ccc(-c2n[nH]c3c2C(c2cccnc2)N(CC(OC)OC)C3=O)cc1OC. The molecule has 1 N–H and O–H groups in total. The average molecular weight is 424 g/mol. The van der Waals surface area contributed by atoms with Gasteiger partial charge in [-0.05, 0) is 29.8 Å². The second kappa shape index (κ2) is 8.75. The van der Waals surface area contributed by atoms with Crippen LogP contribution < -0.4 is 9.47 Å². The number of rotatable bonds is 8. The number of pyridine rings is 1. The Morgan fingerprint density at radius 1 is 1.10 bits per heavy atom. The normalized spacial score (nSPS) is 15.5. The molecule has 9 heteroatoms. The third-order valence-electron chi connectivity index (χ3n) is 5.39. The minimum absolute atomic E-state index is 0.179. The lowest BCUT2D eigenvalue weighted by Crippen LogP contribution is -2.38. The van der Waals surface area contributed by atoms with E-state index in [0.29, 0.717) is 22.9 Å². The van der Waals surface area contributed by atoms with Crippen LogP contribution in [0.2, 0.25) is 0 Å². The zero-order valence-electron chi connectivity index (χ0n) is 17.8. The lowest BCUT2D eigenvalue weighted by molar-refractivity contribution is -0.113. The molecule has 2 aromatic heterocycles. The summed E-state index contributed by atoms with van der Waals surface area (Å²) in [7, 11) is 6.25. The van der Waals surface area contributed by atoms with Gasteiger partial charge in [0.25, 0.3) is 5.91 Å². The number of carbonyl (C=O) groups is 1. The Labute approximate surface area is 179 Å². The Bertz CT molecular complexity index is 1070. The minimum Gasteiger partial charge on any atom is -0.493 e. The number of H-pyrrole nitrogens is 1. The number of benzene rings is 1. The highest BCUT2D eigenvalue weighted by Gasteiger charge is 2.43. The smallest absolute Gasteiger partial charge is 0.273 e. The number of nitrogens with one attached hydrogen (secondary N) is 1. The van der Waals surface area contributed by atoms with Crippen molar-refractivity contribution in [3.05, 3.63) is 59.5 Å². The number of aromatic amines is 1. The molecule has 31 heavy (non-hydrogen) atoms. The number of ether oxygens (including phenoxy) is 4. The van der Waals surface area contributed by atoms with Gasteiger partial charge in [-0.15, -0.1) is 0 Å². The highest BCUT2D eigenvalue weighted by molar-refractivity contribution is 6.00. The molecule has 1 aliphatic heterocycles. The predicted octanol–water partition coefficient (Wildman–Crippen LogP) is 2.65. The number of fused-ring (bicyclic) bond motifs is 1. The molecule has 9 nitrogen and oxygen atoms in total. The van der Waals surface area contributed by atoms with Crippen LogP contribution in [0, 0.1) is 0 Å². The van der Waals surface area contributed by atoms with E-state index in [4.69, 9.17) is 18.9 Å². The van der Waals surface area contributed by atoms with Crippen molar-refractivity contribution in [1.29, 1.82) is 0 Å². The monoisotopic (exact) mass is 424 g/mol. The number of hydrogen-bond acceptors (Lipinski definition) is 7. The molecule has 3 heterocycles. The van der Waals surface area contributed by atoms with Crippen LogP contribution >= 0.6 is 0 Å².